The Kier molecular flexibility index (Phi) is 4.50. The fraction of sp³-hybridized carbons (Fsp3) is 0.571. The van der Waals surface area contributed by atoms with Gasteiger partial charge in [0.05, 0.1) is 12.1 Å². The highest BCUT2D eigenvalue weighted by atomic mass is 19.1. The standard InChI is InChI=1S/C14H20F2N2O/c1-3-11-9(6-7-19-11)14(18-17)12-10(15)5-4-8(2)13(12)16/h4-5,9,11,14,18H,3,6-7,17H2,1-2H3. The molecule has 1 saturated heterocycles. The Hall–Kier alpha value is -1.04. The van der Waals surface area contributed by atoms with Gasteiger partial charge in [0.2, 0.25) is 0 Å². The lowest BCUT2D eigenvalue weighted by molar-refractivity contribution is 0.0765. The van der Waals surface area contributed by atoms with Gasteiger partial charge in [-0.3, -0.25) is 11.3 Å². The Labute approximate surface area is 112 Å². The number of aryl methyl sites for hydroxylation is 1. The molecule has 106 valence electrons. The average molecular weight is 270 g/mol. The first-order valence-corrected chi connectivity index (χ1v) is 6.62. The Morgan fingerprint density at radius 2 is 2.21 bits per heavy atom. The zero-order valence-corrected chi connectivity index (χ0v) is 11.2. The monoisotopic (exact) mass is 270 g/mol. The van der Waals surface area contributed by atoms with E-state index in [0.717, 1.165) is 12.8 Å². The van der Waals surface area contributed by atoms with E-state index in [-0.39, 0.29) is 17.6 Å². The van der Waals surface area contributed by atoms with E-state index in [4.69, 9.17) is 10.6 Å². The third kappa shape index (κ3) is 2.63. The average Bonchev–Trinajstić information content (AvgIpc) is 2.87. The summed E-state index contributed by atoms with van der Waals surface area (Å²) in [5, 5.41) is 0. The summed E-state index contributed by atoms with van der Waals surface area (Å²) < 4.78 is 33.8. The van der Waals surface area contributed by atoms with Crippen molar-refractivity contribution in [2.75, 3.05) is 6.61 Å². The molecule has 0 bridgehead atoms. The Morgan fingerprint density at radius 3 is 2.84 bits per heavy atom. The van der Waals surface area contributed by atoms with Crippen LogP contribution in [0.3, 0.4) is 0 Å². The van der Waals surface area contributed by atoms with Gasteiger partial charge in [-0.2, -0.15) is 0 Å². The number of nitrogens with two attached hydrogens (primary N) is 1. The fourth-order valence-corrected chi connectivity index (χ4v) is 2.85. The summed E-state index contributed by atoms with van der Waals surface area (Å²) in [6.45, 7) is 4.23. The van der Waals surface area contributed by atoms with E-state index in [1.54, 1.807) is 6.92 Å². The summed E-state index contributed by atoms with van der Waals surface area (Å²) in [6.07, 6.45) is 1.54. The topological polar surface area (TPSA) is 47.3 Å². The molecule has 0 radical (unpaired) electrons. The molecule has 1 aromatic carbocycles. The van der Waals surface area contributed by atoms with Crippen molar-refractivity contribution < 1.29 is 13.5 Å². The van der Waals surface area contributed by atoms with Crippen LogP contribution in [0.15, 0.2) is 12.1 Å². The first-order valence-electron chi connectivity index (χ1n) is 6.62. The summed E-state index contributed by atoms with van der Waals surface area (Å²) in [6, 6.07) is 2.16. The first-order chi connectivity index (χ1) is 9.10. The van der Waals surface area contributed by atoms with Gasteiger partial charge < -0.3 is 4.74 Å². The minimum Gasteiger partial charge on any atom is -0.378 e. The van der Waals surface area contributed by atoms with E-state index in [9.17, 15) is 8.78 Å². The molecule has 1 aliphatic rings. The van der Waals surface area contributed by atoms with Crippen LogP contribution in [-0.2, 0) is 4.74 Å². The SMILES string of the molecule is CCC1OCCC1C(NN)c1c(F)ccc(C)c1F. The van der Waals surface area contributed by atoms with Gasteiger partial charge in [-0.1, -0.05) is 13.0 Å². The van der Waals surface area contributed by atoms with Crippen molar-refractivity contribution in [2.45, 2.75) is 38.8 Å². The Bertz CT molecular complexity index is 453. The second-order valence-corrected chi connectivity index (χ2v) is 5.01. The van der Waals surface area contributed by atoms with Gasteiger partial charge in [-0.15, -0.1) is 0 Å². The number of nitrogens with one attached hydrogen (secondary N) is 1. The summed E-state index contributed by atoms with van der Waals surface area (Å²) in [5.74, 6) is 4.45. The smallest absolute Gasteiger partial charge is 0.133 e. The third-order valence-electron chi connectivity index (χ3n) is 3.90. The number of ether oxygens (including phenoxy) is 1. The number of halogens is 2. The zero-order valence-electron chi connectivity index (χ0n) is 11.2. The molecular weight excluding hydrogens is 250 g/mol. The van der Waals surface area contributed by atoms with E-state index < -0.39 is 17.7 Å². The van der Waals surface area contributed by atoms with Crippen LogP contribution in [-0.4, -0.2) is 12.7 Å². The Balaban J connectivity index is 2.39. The molecule has 19 heavy (non-hydrogen) atoms. The first kappa shape index (κ1) is 14.4. The van der Waals surface area contributed by atoms with Crippen LogP contribution in [0.2, 0.25) is 0 Å². The van der Waals surface area contributed by atoms with E-state index in [1.807, 2.05) is 6.92 Å². The molecule has 1 fully saturated rings. The van der Waals surface area contributed by atoms with E-state index in [1.165, 1.54) is 12.1 Å². The number of hydrazine groups is 1. The molecule has 1 aromatic rings. The molecule has 0 aliphatic carbocycles. The molecule has 0 amide bonds. The lowest BCUT2D eigenvalue weighted by atomic mass is 9.86. The molecule has 0 spiro atoms. The molecule has 3 atom stereocenters. The highest BCUT2D eigenvalue weighted by molar-refractivity contribution is 5.30. The normalized spacial score (nSPS) is 24.7. The van der Waals surface area contributed by atoms with Gasteiger partial charge in [0.1, 0.15) is 11.6 Å². The predicted molar refractivity (Wildman–Crippen MR) is 69.3 cm³/mol. The quantitative estimate of drug-likeness (QED) is 0.653. The minimum atomic E-state index is -0.563. The van der Waals surface area contributed by atoms with Crippen LogP contribution < -0.4 is 11.3 Å². The molecule has 0 aromatic heterocycles. The van der Waals surface area contributed by atoms with Crippen molar-refractivity contribution in [3.8, 4) is 0 Å². The van der Waals surface area contributed by atoms with Crippen molar-refractivity contribution in [1.82, 2.24) is 5.43 Å². The zero-order chi connectivity index (χ0) is 14.0. The van der Waals surface area contributed by atoms with E-state index >= 15 is 0 Å². The summed E-state index contributed by atoms with van der Waals surface area (Å²) >= 11 is 0. The summed E-state index contributed by atoms with van der Waals surface area (Å²) in [4.78, 5) is 0. The number of benzene rings is 1. The van der Waals surface area contributed by atoms with Gasteiger partial charge in [0.15, 0.2) is 0 Å². The maximum atomic E-state index is 14.2. The molecule has 0 saturated carbocycles. The summed E-state index contributed by atoms with van der Waals surface area (Å²) in [5.41, 5.74) is 3.02. The highest BCUT2D eigenvalue weighted by Gasteiger charge is 2.36. The predicted octanol–water partition coefficient (Wildman–Crippen LogP) is 2.59. The maximum absolute atomic E-state index is 14.2. The van der Waals surface area contributed by atoms with Crippen LogP contribution in [0, 0.1) is 24.5 Å². The maximum Gasteiger partial charge on any atom is 0.133 e. The molecule has 5 heteroatoms. The van der Waals surface area contributed by atoms with Crippen LogP contribution in [0.5, 0.6) is 0 Å². The lowest BCUT2D eigenvalue weighted by Gasteiger charge is -2.27. The number of hydrogen-bond acceptors (Lipinski definition) is 3. The minimum absolute atomic E-state index is 0.0131. The lowest BCUT2D eigenvalue weighted by Crippen LogP contribution is -2.38. The molecule has 3 N–H and O–H groups in total. The Morgan fingerprint density at radius 1 is 1.47 bits per heavy atom. The molecule has 2 rings (SSSR count). The van der Waals surface area contributed by atoms with Crippen LogP contribution >= 0.6 is 0 Å². The van der Waals surface area contributed by atoms with Crippen molar-refractivity contribution in [3.05, 3.63) is 34.9 Å². The third-order valence-corrected chi connectivity index (χ3v) is 3.90. The van der Waals surface area contributed by atoms with E-state index in [2.05, 4.69) is 5.43 Å². The van der Waals surface area contributed by atoms with Gasteiger partial charge in [-0.25, -0.2) is 8.78 Å². The van der Waals surface area contributed by atoms with Gasteiger partial charge in [0.25, 0.3) is 0 Å². The number of hydrogen-bond donors (Lipinski definition) is 2. The fourth-order valence-electron chi connectivity index (χ4n) is 2.85. The van der Waals surface area contributed by atoms with Crippen LogP contribution in [0.1, 0.15) is 36.9 Å². The number of rotatable bonds is 4. The molecular formula is C14H20F2N2O. The van der Waals surface area contributed by atoms with Crippen molar-refractivity contribution in [2.24, 2.45) is 11.8 Å². The van der Waals surface area contributed by atoms with Crippen molar-refractivity contribution in [3.63, 3.8) is 0 Å². The molecule has 3 unspecified atom stereocenters. The van der Waals surface area contributed by atoms with Crippen molar-refractivity contribution in [1.29, 1.82) is 0 Å². The van der Waals surface area contributed by atoms with Gasteiger partial charge in [-0.05, 0) is 31.4 Å². The van der Waals surface area contributed by atoms with Gasteiger partial charge in [0, 0.05) is 18.1 Å². The molecule has 1 heterocycles. The summed E-state index contributed by atoms with van der Waals surface area (Å²) in [7, 11) is 0. The molecule has 1 aliphatic heterocycles. The second-order valence-electron chi connectivity index (χ2n) is 5.01. The highest BCUT2D eigenvalue weighted by Crippen LogP contribution is 2.36. The van der Waals surface area contributed by atoms with Gasteiger partial charge >= 0.3 is 0 Å². The van der Waals surface area contributed by atoms with E-state index in [0.29, 0.717) is 12.2 Å². The largest absolute Gasteiger partial charge is 0.378 e. The van der Waals surface area contributed by atoms with Crippen molar-refractivity contribution >= 4 is 0 Å². The molecule has 3 nitrogen and oxygen atoms in total. The van der Waals surface area contributed by atoms with Crippen LogP contribution in [0.4, 0.5) is 8.78 Å². The second kappa shape index (κ2) is 5.94. The van der Waals surface area contributed by atoms with Crippen LogP contribution in [0.25, 0.3) is 0 Å².